The Morgan fingerprint density at radius 3 is 2.43 bits per heavy atom. The SMILES string of the molecule is CC(C)C1COC(=O)N1C(=O)CC(Cc1ccccc1)C(=O)N1CCOC1=O. The number of benzene rings is 1. The molecular weight excluding hydrogens is 364 g/mol. The monoisotopic (exact) mass is 388 g/mol. The minimum absolute atomic E-state index is 0.0345. The van der Waals surface area contributed by atoms with Gasteiger partial charge in [0.1, 0.15) is 13.2 Å². The topological polar surface area (TPSA) is 93.2 Å². The fourth-order valence-corrected chi connectivity index (χ4v) is 3.48. The van der Waals surface area contributed by atoms with Crippen molar-refractivity contribution in [1.29, 1.82) is 0 Å². The molecule has 8 nitrogen and oxygen atoms in total. The highest BCUT2D eigenvalue weighted by atomic mass is 16.6. The van der Waals surface area contributed by atoms with E-state index in [1.807, 2.05) is 44.2 Å². The van der Waals surface area contributed by atoms with Gasteiger partial charge in [-0.2, -0.15) is 0 Å². The van der Waals surface area contributed by atoms with Gasteiger partial charge in [0.25, 0.3) is 0 Å². The first kappa shape index (κ1) is 19.9. The molecule has 0 aromatic heterocycles. The molecule has 0 radical (unpaired) electrons. The fraction of sp³-hybridized carbons (Fsp3) is 0.500. The molecule has 0 saturated carbocycles. The van der Waals surface area contributed by atoms with Gasteiger partial charge < -0.3 is 9.47 Å². The van der Waals surface area contributed by atoms with E-state index >= 15 is 0 Å². The second kappa shape index (κ2) is 8.41. The van der Waals surface area contributed by atoms with E-state index in [4.69, 9.17) is 9.47 Å². The molecular formula is C20H24N2O6. The van der Waals surface area contributed by atoms with Crippen molar-refractivity contribution in [3.05, 3.63) is 35.9 Å². The van der Waals surface area contributed by atoms with Crippen molar-refractivity contribution in [2.75, 3.05) is 19.8 Å². The summed E-state index contributed by atoms with van der Waals surface area (Å²) in [5, 5.41) is 0. The van der Waals surface area contributed by atoms with Gasteiger partial charge in [-0.15, -0.1) is 0 Å². The molecule has 2 unspecified atom stereocenters. The van der Waals surface area contributed by atoms with Crippen LogP contribution >= 0.6 is 0 Å². The van der Waals surface area contributed by atoms with Gasteiger partial charge in [-0.05, 0) is 17.9 Å². The molecule has 28 heavy (non-hydrogen) atoms. The third kappa shape index (κ3) is 4.16. The second-order valence-corrected chi connectivity index (χ2v) is 7.35. The highest BCUT2D eigenvalue weighted by molar-refractivity contribution is 5.99. The Hall–Kier alpha value is -2.90. The lowest BCUT2D eigenvalue weighted by molar-refractivity contribution is -0.138. The predicted octanol–water partition coefficient (Wildman–Crippen LogP) is 2.22. The van der Waals surface area contributed by atoms with Gasteiger partial charge in [0, 0.05) is 6.42 Å². The van der Waals surface area contributed by atoms with Crippen LogP contribution in [0, 0.1) is 11.8 Å². The van der Waals surface area contributed by atoms with Gasteiger partial charge in [-0.1, -0.05) is 44.2 Å². The molecule has 150 valence electrons. The number of carbonyl (C=O) groups excluding carboxylic acids is 4. The summed E-state index contributed by atoms with van der Waals surface area (Å²) in [6.07, 6.45) is -1.29. The molecule has 1 aromatic carbocycles. The number of hydrogen-bond donors (Lipinski definition) is 0. The Bertz CT molecular complexity index is 763. The van der Waals surface area contributed by atoms with Crippen LogP contribution in [0.3, 0.4) is 0 Å². The lowest BCUT2D eigenvalue weighted by atomic mass is 9.93. The molecule has 0 aliphatic carbocycles. The number of cyclic esters (lactones) is 2. The maximum Gasteiger partial charge on any atom is 0.416 e. The Labute approximate surface area is 163 Å². The molecule has 8 heteroatoms. The molecule has 2 fully saturated rings. The number of amides is 4. The zero-order valence-corrected chi connectivity index (χ0v) is 16.0. The van der Waals surface area contributed by atoms with Gasteiger partial charge in [-0.25, -0.2) is 19.4 Å². The van der Waals surface area contributed by atoms with E-state index in [0.29, 0.717) is 0 Å². The van der Waals surface area contributed by atoms with E-state index in [2.05, 4.69) is 0 Å². The summed E-state index contributed by atoms with van der Waals surface area (Å²) < 4.78 is 9.89. The van der Waals surface area contributed by atoms with E-state index in [1.54, 1.807) is 0 Å². The molecule has 2 heterocycles. The van der Waals surface area contributed by atoms with Crippen molar-refractivity contribution in [3.63, 3.8) is 0 Å². The molecule has 0 N–H and O–H groups in total. The first-order valence-electron chi connectivity index (χ1n) is 9.39. The van der Waals surface area contributed by atoms with Crippen LogP contribution in [0.2, 0.25) is 0 Å². The van der Waals surface area contributed by atoms with E-state index in [1.165, 1.54) is 0 Å². The van der Waals surface area contributed by atoms with Crippen LogP contribution in [0.5, 0.6) is 0 Å². The molecule has 2 aliphatic rings. The molecule has 2 aliphatic heterocycles. The van der Waals surface area contributed by atoms with Crippen molar-refractivity contribution in [1.82, 2.24) is 9.80 Å². The van der Waals surface area contributed by atoms with Crippen molar-refractivity contribution < 1.29 is 28.7 Å². The first-order valence-corrected chi connectivity index (χ1v) is 9.39. The fourth-order valence-electron chi connectivity index (χ4n) is 3.48. The van der Waals surface area contributed by atoms with Crippen LogP contribution in [0.25, 0.3) is 0 Å². The lowest BCUT2D eigenvalue weighted by Crippen LogP contribution is -2.45. The lowest BCUT2D eigenvalue weighted by Gasteiger charge is -2.25. The van der Waals surface area contributed by atoms with Gasteiger partial charge in [0.05, 0.1) is 18.5 Å². The quantitative estimate of drug-likeness (QED) is 0.742. The summed E-state index contributed by atoms with van der Waals surface area (Å²) in [7, 11) is 0. The summed E-state index contributed by atoms with van der Waals surface area (Å²) in [4.78, 5) is 51.9. The van der Waals surface area contributed by atoms with E-state index < -0.39 is 29.9 Å². The third-order valence-corrected chi connectivity index (χ3v) is 5.07. The highest BCUT2D eigenvalue weighted by Gasteiger charge is 2.42. The maximum atomic E-state index is 12.9. The number of imide groups is 2. The standard InChI is InChI=1S/C20H24N2O6/c1-13(2)16-12-28-20(26)22(16)17(23)11-15(10-14-6-4-3-5-7-14)18(24)21-8-9-27-19(21)25/h3-7,13,15-16H,8-12H2,1-2H3. The zero-order chi connectivity index (χ0) is 20.3. The van der Waals surface area contributed by atoms with E-state index in [-0.39, 0.29) is 44.6 Å². The molecule has 4 amide bonds. The van der Waals surface area contributed by atoms with E-state index in [0.717, 1.165) is 15.4 Å². The summed E-state index contributed by atoms with van der Waals surface area (Å²) in [6.45, 7) is 4.26. The summed E-state index contributed by atoms with van der Waals surface area (Å²) in [5.74, 6) is -1.68. The summed E-state index contributed by atoms with van der Waals surface area (Å²) in [6, 6.07) is 8.90. The van der Waals surface area contributed by atoms with Crippen LogP contribution in [0.4, 0.5) is 9.59 Å². The smallest absolute Gasteiger partial charge is 0.416 e. The number of nitrogens with zero attached hydrogens (tertiary/aromatic N) is 2. The second-order valence-electron chi connectivity index (χ2n) is 7.35. The summed E-state index contributed by atoms with van der Waals surface area (Å²) in [5.41, 5.74) is 0.866. The highest BCUT2D eigenvalue weighted by Crippen LogP contribution is 2.24. The van der Waals surface area contributed by atoms with Gasteiger partial charge >= 0.3 is 12.2 Å². The van der Waals surface area contributed by atoms with Crippen molar-refractivity contribution >= 4 is 24.0 Å². The van der Waals surface area contributed by atoms with Crippen molar-refractivity contribution in [2.24, 2.45) is 11.8 Å². The minimum Gasteiger partial charge on any atom is -0.447 e. The maximum absolute atomic E-state index is 12.9. The Morgan fingerprint density at radius 1 is 1.11 bits per heavy atom. The third-order valence-electron chi connectivity index (χ3n) is 5.07. The van der Waals surface area contributed by atoms with Crippen LogP contribution in [-0.2, 0) is 25.5 Å². The normalized spacial score (nSPS) is 20.3. The Kier molecular flexibility index (Phi) is 5.96. The average molecular weight is 388 g/mol. The van der Waals surface area contributed by atoms with E-state index in [9.17, 15) is 19.2 Å². The van der Waals surface area contributed by atoms with Crippen LogP contribution in [-0.4, -0.2) is 59.6 Å². The summed E-state index contributed by atoms with van der Waals surface area (Å²) >= 11 is 0. The minimum atomic E-state index is -0.776. The molecule has 2 atom stereocenters. The van der Waals surface area contributed by atoms with Crippen molar-refractivity contribution in [2.45, 2.75) is 32.7 Å². The largest absolute Gasteiger partial charge is 0.447 e. The van der Waals surface area contributed by atoms with Crippen LogP contribution in [0.1, 0.15) is 25.8 Å². The zero-order valence-electron chi connectivity index (χ0n) is 16.0. The molecule has 2 saturated heterocycles. The van der Waals surface area contributed by atoms with Gasteiger partial charge in [-0.3, -0.25) is 9.59 Å². The van der Waals surface area contributed by atoms with Gasteiger partial charge in [0.15, 0.2) is 0 Å². The molecule has 3 rings (SSSR count). The predicted molar refractivity (Wildman–Crippen MR) is 98.1 cm³/mol. The molecule has 0 spiro atoms. The van der Waals surface area contributed by atoms with Gasteiger partial charge in [0.2, 0.25) is 11.8 Å². The number of hydrogen-bond acceptors (Lipinski definition) is 6. The molecule has 0 bridgehead atoms. The average Bonchev–Trinajstić information content (AvgIpc) is 3.27. The van der Waals surface area contributed by atoms with Crippen molar-refractivity contribution in [3.8, 4) is 0 Å². The number of rotatable bonds is 6. The van der Waals surface area contributed by atoms with Crippen LogP contribution in [0.15, 0.2) is 30.3 Å². The Balaban J connectivity index is 1.80. The number of carbonyl (C=O) groups is 4. The Morgan fingerprint density at radius 2 is 1.82 bits per heavy atom. The molecule has 1 aromatic rings. The van der Waals surface area contributed by atoms with Crippen LogP contribution < -0.4 is 0 Å². The number of ether oxygens (including phenoxy) is 2. The first-order chi connectivity index (χ1) is 13.4.